The number of nitrogens with zero attached hydrogens (tertiary/aromatic N) is 3. The van der Waals surface area contributed by atoms with Crippen LogP contribution in [0.2, 0.25) is 0 Å². The van der Waals surface area contributed by atoms with Gasteiger partial charge in [0.15, 0.2) is 5.17 Å². The molecule has 0 bridgehead atoms. The second-order valence-electron chi connectivity index (χ2n) is 7.91. The number of ether oxygens (including phenoxy) is 1. The fraction of sp³-hybridized carbons (Fsp3) is 0.360. The number of fused-ring (bicyclic) bond motifs is 1. The Hall–Kier alpha value is -2.38. The second kappa shape index (κ2) is 9.63. The topological polar surface area (TPSA) is 45.1 Å². The van der Waals surface area contributed by atoms with Gasteiger partial charge >= 0.3 is 0 Å². The van der Waals surface area contributed by atoms with Crippen LogP contribution in [0.15, 0.2) is 56.2 Å². The van der Waals surface area contributed by atoms with Gasteiger partial charge in [-0.3, -0.25) is 9.69 Å². The molecular weight excluding hydrogens is 438 g/mol. The van der Waals surface area contributed by atoms with Crippen molar-refractivity contribution in [1.82, 2.24) is 4.90 Å². The molecule has 2 heterocycles. The van der Waals surface area contributed by atoms with Gasteiger partial charge in [-0.15, -0.1) is 0 Å². The number of carbonyl (C=O) groups excluding carboxylic acids is 1. The van der Waals surface area contributed by atoms with Gasteiger partial charge in [0.05, 0.1) is 18.5 Å². The van der Waals surface area contributed by atoms with E-state index in [2.05, 4.69) is 50.8 Å². The fourth-order valence-electron chi connectivity index (χ4n) is 3.84. The summed E-state index contributed by atoms with van der Waals surface area (Å²) in [6.45, 7) is 9.86. The van der Waals surface area contributed by atoms with Crippen LogP contribution >= 0.6 is 23.5 Å². The molecule has 0 aliphatic carbocycles. The molecule has 0 spiro atoms. The Morgan fingerprint density at radius 3 is 2.53 bits per heavy atom. The van der Waals surface area contributed by atoms with Gasteiger partial charge in [0.25, 0.3) is 5.91 Å². The largest absolute Gasteiger partial charge is 0.497 e. The molecule has 2 aliphatic heterocycles. The highest BCUT2D eigenvalue weighted by molar-refractivity contribution is 8.19. The normalized spacial score (nSPS) is 19.3. The molecule has 1 saturated heterocycles. The Morgan fingerprint density at radius 2 is 1.84 bits per heavy atom. The summed E-state index contributed by atoms with van der Waals surface area (Å²) >= 11 is 3.15. The SMILES string of the molecule is CCCCN1C(=O)C(=C2Sc3ccc(OC)cc3N2CC)SC1=Nc1ccc(C)cc1C. The molecule has 32 heavy (non-hydrogen) atoms. The summed E-state index contributed by atoms with van der Waals surface area (Å²) in [7, 11) is 1.68. The lowest BCUT2D eigenvalue weighted by Crippen LogP contribution is -2.30. The number of hydrogen-bond donors (Lipinski definition) is 0. The first kappa shape index (κ1) is 22.8. The predicted octanol–water partition coefficient (Wildman–Crippen LogP) is 6.48. The number of carbonyl (C=O) groups is 1. The zero-order valence-corrected chi connectivity index (χ0v) is 20.9. The first-order valence-electron chi connectivity index (χ1n) is 11.0. The number of thioether (sulfide) groups is 2. The van der Waals surface area contributed by atoms with E-state index in [9.17, 15) is 4.79 Å². The predicted molar refractivity (Wildman–Crippen MR) is 136 cm³/mol. The molecule has 2 aromatic carbocycles. The first-order valence-corrected chi connectivity index (χ1v) is 12.6. The summed E-state index contributed by atoms with van der Waals surface area (Å²) in [4.78, 5) is 24.5. The van der Waals surface area contributed by atoms with E-state index in [-0.39, 0.29) is 5.91 Å². The summed E-state index contributed by atoms with van der Waals surface area (Å²) in [6.07, 6.45) is 1.97. The van der Waals surface area contributed by atoms with Crippen molar-refractivity contribution >= 4 is 46.0 Å². The maximum absolute atomic E-state index is 13.6. The van der Waals surface area contributed by atoms with Crippen LogP contribution in [0.4, 0.5) is 11.4 Å². The highest BCUT2D eigenvalue weighted by Crippen LogP contribution is 2.51. The molecule has 5 nitrogen and oxygen atoms in total. The summed E-state index contributed by atoms with van der Waals surface area (Å²) in [5, 5.41) is 1.75. The van der Waals surface area contributed by atoms with Crippen molar-refractivity contribution in [1.29, 1.82) is 0 Å². The number of unbranched alkanes of at least 4 members (excludes halogenated alkanes) is 1. The van der Waals surface area contributed by atoms with Crippen molar-refractivity contribution in [3.8, 4) is 5.75 Å². The Labute approximate surface area is 198 Å². The van der Waals surface area contributed by atoms with Crippen LogP contribution in [-0.2, 0) is 4.79 Å². The first-order chi connectivity index (χ1) is 15.5. The molecule has 0 radical (unpaired) electrons. The average Bonchev–Trinajstić information content (AvgIpc) is 3.30. The summed E-state index contributed by atoms with van der Waals surface area (Å²) in [6, 6.07) is 12.3. The van der Waals surface area contributed by atoms with E-state index in [4.69, 9.17) is 9.73 Å². The van der Waals surface area contributed by atoms with Crippen LogP contribution in [0.3, 0.4) is 0 Å². The van der Waals surface area contributed by atoms with E-state index in [0.717, 1.165) is 62.1 Å². The molecule has 0 unspecified atom stereocenters. The highest BCUT2D eigenvalue weighted by Gasteiger charge is 2.39. The summed E-state index contributed by atoms with van der Waals surface area (Å²) < 4.78 is 5.43. The molecule has 2 aromatic rings. The fourth-order valence-corrected chi connectivity index (χ4v) is 6.23. The van der Waals surface area contributed by atoms with Crippen LogP contribution in [-0.4, -0.2) is 36.2 Å². The highest BCUT2D eigenvalue weighted by atomic mass is 32.2. The van der Waals surface area contributed by atoms with Crippen molar-refractivity contribution in [2.75, 3.05) is 25.1 Å². The van der Waals surface area contributed by atoms with E-state index in [0.29, 0.717) is 6.54 Å². The van der Waals surface area contributed by atoms with Gasteiger partial charge < -0.3 is 9.64 Å². The van der Waals surface area contributed by atoms with Gasteiger partial charge in [0.1, 0.15) is 15.7 Å². The van der Waals surface area contributed by atoms with Crippen molar-refractivity contribution in [2.45, 2.75) is 45.4 Å². The van der Waals surface area contributed by atoms with Crippen molar-refractivity contribution < 1.29 is 9.53 Å². The second-order valence-corrected chi connectivity index (χ2v) is 9.92. The van der Waals surface area contributed by atoms with E-state index >= 15 is 0 Å². The van der Waals surface area contributed by atoms with Crippen LogP contribution in [0.25, 0.3) is 0 Å². The number of methoxy groups -OCH3 is 1. The molecular formula is C25H29N3O2S2. The number of aryl methyl sites for hydroxylation is 2. The van der Waals surface area contributed by atoms with Gasteiger partial charge in [-0.1, -0.05) is 42.8 Å². The minimum Gasteiger partial charge on any atom is -0.497 e. The molecule has 0 saturated carbocycles. The number of anilines is 1. The standard InChI is InChI=1S/C25H29N3O2S2/c1-6-8-13-28-23(29)22(32-25(28)26-19-11-9-16(3)14-17(19)4)24-27(7-2)20-15-18(30-5)10-12-21(20)31-24/h9-12,14-15H,6-8,13H2,1-5H3. The molecule has 0 aromatic heterocycles. The summed E-state index contributed by atoms with van der Waals surface area (Å²) in [5.41, 5.74) is 4.33. The Kier molecular flexibility index (Phi) is 6.86. The lowest BCUT2D eigenvalue weighted by atomic mass is 10.1. The van der Waals surface area contributed by atoms with E-state index < -0.39 is 0 Å². The molecule has 0 atom stereocenters. The molecule has 168 valence electrons. The third-order valence-corrected chi connectivity index (χ3v) is 7.97. The summed E-state index contributed by atoms with van der Waals surface area (Å²) in [5.74, 6) is 0.869. The Balaban J connectivity index is 1.75. The van der Waals surface area contributed by atoms with Gasteiger partial charge in [0, 0.05) is 24.1 Å². The van der Waals surface area contributed by atoms with Gasteiger partial charge in [-0.2, -0.15) is 0 Å². The number of rotatable bonds is 6. The Bertz CT molecular complexity index is 1110. The quantitative estimate of drug-likeness (QED) is 0.455. The smallest absolute Gasteiger partial charge is 0.269 e. The number of aliphatic imine (C=N–C) groups is 1. The number of benzene rings is 2. The molecule has 7 heteroatoms. The van der Waals surface area contributed by atoms with Crippen LogP contribution < -0.4 is 9.64 Å². The minimum absolute atomic E-state index is 0.0488. The van der Waals surface area contributed by atoms with Gasteiger partial charge in [-0.05, 0) is 62.7 Å². The van der Waals surface area contributed by atoms with Gasteiger partial charge in [0.2, 0.25) is 0 Å². The molecule has 0 N–H and O–H groups in total. The average molecular weight is 468 g/mol. The molecule has 4 rings (SSSR count). The molecule has 1 amide bonds. The maximum Gasteiger partial charge on any atom is 0.269 e. The molecule has 1 fully saturated rings. The van der Waals surface area contributed by atoms with E-state index in [1.807, 2.05) is 23.1 Å². The van der Waals surface area contributed by atoms with E-state index in [1.165, 1.54) is 17.3 Å². The number of amides is 1. The number of amidine groups is 1. The van der Waals surface area contributed by atoms with E-state index in [1.54, 1.807) is 18.9 Å². The maximum atomic E-state index is 13.6. The third-order valence-electron chi connectivity index (χ3n) is 5.59. The molecule has 2 aliphatic rings. The van der Waals surface area contributed by atoms with Crippen molar-refractivity contribution in [3.63, 3.8) is 0 Å². The third kappa shape index (κ3) is 4.28. The van der Waals surface area contributed by atoms with Crippen LogP contribution in [0.5, 0.6) is 5.75 Å². The number of hydrogen-bond acceptors (Lipinski definition) is 6. The lowest BCUT2D eigenvalue weighted by molar-refractivity contribution is -0.122. The minimum atomic E-state index is 0.0488. The van der Waals surface area contributed by atoms with Crippen molar-refractivity contribution in [2.24, 2.45) is 4.99 Å². The zero-order valence-electron chi connectivity index (χ0n) is 19.3. The van der Waals surface area contributed by atoms with Crippen LogP contribution in [0, 0.1) is 13.8 Å². The Morgan fingerprint density at radius 1 is 1.03 bits per heavy atom. The zero-order chi connectivity index (χ0) is 22.8. The van der Waals surface area contributed by atoms with Crippen LogP contribution in [0.1, 0.15) is 37.8 Å². The lowest BCUT2D eigenvalue weighted by Gasteiger charge is -2.19. The van der Waals surface area contributed by atoms with Gasteiger partial charge in [-0.25, -0.2) is 4.99 Å². The van der Waals surface area contributed by atoms with Crippen molar-refractivity contribution in [3.05, 3.63) is 57.5 Å². The monoisotopic (exact) mass is 467 g/mol.